The maximum atomic E-state index is 13.0. The summed E-state index contributed by atoms with van der Waals surface area (Å²) in [4.78, 5) is 3.91. The van der Waals surface area contributed by atoms with Gasteiger partial charge in [-0.25, -0.2) is 0 Å². The molecule has 2 N–H and O–H groups in total. The number of aromatic nitrogens is 1. The first-order chi connectivity index (χ1) is 9.55. The molecule has 1 unspecified atom stereocenters. The van der Waals surface area contributed by atoms with Gasteiger partial charge in [0.2, 0.25) is 0 Å². The molecule has 1 aromatic carbocycles. The van der Waals surface area contributed by atoms with Gasteiger partial charge in [-0.1, -0.05) is 0 Å². The summed E-state index contributed by atoms with van der Waals surface area (Å²) in [6.07, 6.45) is -2.04. The quantitative estimate of drug-likeness (QED) is 0.891. The van der Waals surface area contributed by atoms with Crippen LogP contribution in [-0.4, -0.2) is 24.1 Å². The van der Waals surface area contributed by atoms with E-state index in [-0.39, 0.29) is 24.0 Å². The van der Waals surface area contributed by atoms with Gasteiger partial charge in [0.25, 0.3) is 0 Å². The lowest BCUT2D eigenvalue weighted by atomic mass is 10.1. The van der Waals surface area contributed by atoms with Gasteiger partial charge in [0.15, 0.2) is 0 Å². The number of halogens is 4. The highest BCUT2D eigenvalue weighted by molar-refractivity contribution is 5.93. The predicted octanol–water partition coefficient (Wildman–Crippen LogP) is 3.45. The van der Waals surface area contributed by atoms with Crippen molar-refractivity contribution in [1.29, 1.82) is 0 Å². The Morgan fingerprint density at radius 3 is 2.71 bits per heavy atom. The minimum Gasteiger partial charge on any atom is -0.380 e. The normalized spacial score (nSPS) is 18.5. The van der Waals surface area contributed by atoms with Gasteiger partial charge in [0.05, 0.1) is 11.1 Å². The molecule has 1 aliphatic rings. The Hall–Kier alpha value is -1.53. The molecule has 3 nitrogen and oxygen atoms in total. The third kappa shape index (κ3) is 3.22. The van der Waals surface area contributed by atoms with E-state index in [1.165, 1.54) is 12.3 Å². The highest BCUT2D eigenvalue weighted by Gasteiger charge is 2.33. The van der Waals surface area contributed by atoms with Crippen LogP contribution < -0.4 is 10.6 Å². The van der Waals surface area contributed by atoms with Gasteiger partial charge >= 0.3 is 6.18 Å². The molecule has 2 heterocycles. The van der Waals surface area contributed by atoms with Gasteiger partial charge in [-0.2, -0.15) is 13.2 Å². The van der Waals surface area contributed by atoms with E-state index in [0.29, 0.717) is 11.1 Å². The van der Waals surface area contributed by atoms with E-state index < -0.39 is 11.7 Å². The number of nitrogens with zero attached hydrogens (tertiary/aromatic N) is 1. The van der Waals surface area contributed by atoms with Gasteiger partial charge in [0, 0.05) is 29.9 Å². The molecule has 0 saturated carbocycles. The van der Waals surface area contributed by atoms with Crippen LogP contribution in [0.2, 0.25) is 0 Å². The first-order valence-corrected chi connectivity index (χ1v) is 6.48. The maximum absolute atomic E-state index is 13.0. The molecule has 0 spiro atoms. The third-order valence-electron chi connectivity index (χ3n) is 3.50. The molecule has 1 aromatic heterocycles. The van der Waals surface area contributed by atoms with Crippen LogP contribution in [0, 0.1) is 0 Å². The summed E-state index contributed by atoms with van der Waals surface area (Å²) in [7, 11) is 0. The number of nitrogens with one attached hydrogen (secondary N) is 2. The Labute approximate surface area is 126 Å². The van der Waals surface area contributed by atoms with Crippen LogP contribution in [0.3, 0.4) is 0 Å². The Morgan fingerprint density at radius 2 is 2.05 bits per heavy atom. The summed E-state index contributed by atoms with van der Waals surface area (Å²) in [6, 6.07) is 6.16. The van der Waals surface area contributed by atoms with Crippen molar-refractivity contribution in [2.75, 3.05) is 18.4 Å². The fourth-order valence-corrected chi connectivity index (χ4v) is 2.53. The molecule has 21 heavy (non-hydrogen) atoms. The second-order valence-corrected chi connectivity index (χ2v) is 4.89. The molecule has 1 atom stereocenters. The molecule has 114 valence electrons. The first kappa shape index (κ1) is 15.9. The Kier molecular flexibility index (Phi) is 4.58. The van der Waals surface area contributed by atoms with Gasteiger partial charge in [0.1, 0.15) is 0 Å². The number of hydrogen-bond acceptors (Lipinski definition) is 3. The smallest absolute Gasteiger partial charge is 0.380 e. The summed E-state index contributed by atoms with van der Waals surface area (Å²) in [5.41, 5.74) is 0.00829. The number of benzene rings is 1. The molecule has 0 radical (unpaired) electrons. The van der Waals surface area contributed by atoms with E-state index >= 15 is 0 Å². The maximum Gasteiger partial charge on any atom is 0.418 e. The second-order valence-electron chi connectivity index (χ2n) is 4.89. The fraction of sp³-hybridized carbons (Fsp3) is 0.357. The van der Waals surface area contributed by atoms with Gasteiger partial charge in [-0.3, -0.25) is 4.98 Å². The lowest BCUT2D eigenvalue weighted by Crippen LogP contribution is -2.22. The Balaban J connectivity index is 0.00000161. The van der Waals surface area contributed by atoms with Crippen LogP contribution in [0.5, 0.6) is 0 Å². The monoisotopic (exact) mass is 317 g/mol. The SMILES string of the molecule is Cl.FC(F)(F)c1ccc(NC2CCNC2)c2cccnc12. The second kappa shape index (κ2) is 6.07. The summed E-state index contributed by atoms with van der Waals surface area (Å²) < 4.78 is 39.0. The van der Waals surface area contributed by atoms with Crippen molar-refractivity contribution in [3.8, 4) is 0 Å². The molecule has 0 aliphatic carbocycles. The number of fused-ring (bicyclic) bond motifs is 1. The van der Waals surface area contributed by atoms with Gasteiger partial charge in [-0.05, 0) is 37.2 Å². The molecule has 0 amide bonds. The van der Waals surface area contributed by atoms with Crippen LogP contribution >= 0.6 is 12.4 Å². The molecule has 0 bridgehead atoms. The van der Waals surface area contributed by atoms with E-state index in [0.717, 1.165) is 25.6 Å². The number of hydrogen-bond donors (Lipinski definition) is 2. The number of anilines is 1. The number of rotatable bonds is 2. The van der Waals surface area contributed by atoms with Crippen molar-refractivity contribution in [2.24, 2.45) is 0 Å². The fourth-order valence-electron chi connectivity index (χ4n) is 2.53. The number of pyridine rings is 1. The zero-order valence-electron chi connectivity index (χ0n) is 11.1. The summed E-state index contributed by atoms with van der Waals surface area (Å²) in [5.74, 6) is 0. The molecule has 1 fully saturated rings. The zero-order valence-corrected chi connectivity index (χ0v) is 11.9. The van der Waals surface area contributed by atoms with E-state index in [1.54, 1.807) is 12.1 Å². The van der Waals surface area contributed by atoms with Crippen molar-refractivity contribution < 1.29 is 13.2 Å². The van der Waals surface area contributed by atoms with Crippen LogP contribution in [0.15, 0.2) is 30.5 Å². The first-order valence-electron chi connectivity index (χ1n) is 6.48. The minimum atomic E-state index is -4.39. The predicted molar refractivity (Wildman–Crippen MR) is 78.9 cm³/mol. The molecule has 3 rings (SSSR count). The molecule has 7 heteroatoms. The van der Waals surface area contributed by atoms with Crippen LogP contribution in [0.4, 0.5) is 18.9 Å². The van der Waals surface area contributed by atoms with Gasteiger partial charge < -0.3 is 10.6 Å². The third-order valence-corrected chi connectivity index (χ3v) is 3.50. The molecule has 2 aromatic rings. The van der Waals surface area contributed by atoms with Crippen LogP contribution in [0.25, 0.3) is 10.9 Å². The zero-order chi connectivity index (χ0) is 14.2. The molecule has 1 aliphatic heterocycles. The minimum absolute atomic E-state index is 0. The lowest BCUT2D eigenvalue weighted by Gasteiger charge is -2.17. The van der Waals surface area contributed by atoms with Crippen LogP contribution in [0.1, 0.15) is 12.0 Å². The van der Waals surface area contributed by atoms with Crippen molar-refractivity contribution >= 4 is 29.0 Å². The molecule has 1 saturated heterocycles. The van der Waals surface area contributed by atoms with Gasteiger partial charge in [-0.15, -0.1) is 12.4 Å². The topological polar surface area (TPSA) is 37.0 Å². The highest BCUT2D eigenvalue weighted by atomic mass is 35.5. The lowest BCUT2D eigenvalue weighted by molar-refractivity contribution is -0.136. The van der Waals surface area contributed by atoms with E-state index in [9.17, 15) is 13.2 Å². The average Bonchev–Trinajstić information content (AvgIpc) is 2.90. The van der Waals surface area contributed by atoms with Crippen molar-refractivity contribution in [1.82, 2.24) is 10.3 Å². The van der Waals surface area contributed by atoms with Crippen molar-refractivity contribution in [3.05, 3.63) is 36.0 Å². The Morgan fingerprint density at radius 1 is 1.24 bits per heavy atom. The molecular weight excluding hydrogens is 303 g/mol. The van der Waals surface area contributed by atoms with E-state index in [1.807, 2.05) is 0 Å². The van der Waals surface area contributed by atoms with Crippen molar-refractivity contribution in [2.45, 2.75) is 18.6 Å². The largest absolute Gasteiger partial charge is 0.418 e. The average molecular weight is 318 g/mol. The summed E-state index contributed by atoms with van der Waals surface area (Å²) in [6.45, 7) is 1.75. The standard InChI is InChI=1S/C14H14F3N3.ClH/c15-14(16,17)11-3-4-12(20-9-5-7-18-8-9)10-2-1-6-19-13(10)11;/h1-4,6,9,18,20H,5,7-8H2;1H. The number of alkyl halides is 3. The van der Waals surface area contributed by atoms with Crippen LogP contribution in [-0.2, 0) is 6.18 Å². The summed E-state index contributed by atoms with van der Waals surface area (Å²) >= 11 is 0. The molecular formula is C14H15ClF3N3. The Bertz CT molecular complexity index is 624. The highest BCUT2D eigenvalue weighted by Crippen LogP contribution is 2.36. The summed E-state index contributed by atoms with van der Waals surface area (Å²) in [5, 5.41) is 7.02. The van der Waals surface area contributed by atoms with E-state index in [2.05, 4.69) is 15.6 Å². The van der Waals surface area contributed by atoms with Crippen molar-refractivity contribution in [3.63, 3.8) is 0 Å². The van der Waals surface area contributed by atoms with E-state index in [4.69, 9.17) is 0 Å².